The van der Waals surface area contributed by atoms with Crippen molar-refractivity contribution in [2.24, 2.45) is 0 Å². The lowest BCUT2D eigenvalue weighted by Crippen LogP contribution is -2.12. The van der Waals surface area contributed by atoms with Crippen molar-refractivity contribution >= 4 is 27.8 Å². The summed E-state index contributed by atoms with van der Waals surface area (Å²) in [5.41, 5.74) is 2.17. The number of aromatic nitrogens is 3. The zero-order chi connectivity index (χ0) is 18.1. The van der Waals surface area contributed by atoms with Gasteiger partial charge in [0.15, 0.2) is 5.52 Å². The van der Waals surface area contributed by atoms with Crippen molar-refractivity contribution in [3.05, 3.63) is 70.6 Å². The largest absolute Gasteiger partial charge is 0.466 e. The summed E-state index contributed by atoms with van der Waals surface area (Å²) in [5.74, 6) is -0.351. The molecule has 0 saturated heterocycles. The second-order valence-electron chi connectivity index (χ2n) is 5.90. The molecule has 0 aliphatic rings. The summed E-state index contributed by atoms with van der Waals surface area (Å²) in [6, 6.07) is 17.0. The molecule has 2 aromatic carbocycles. The van der Waals surface area contributed by atoms with E-state index in [-0.39, 0.29) is 17.9 Å². The molecule has 0 aliphatic heterocycles. The van der Waals surface area contributed by atoms with Crippen LogP contribution in [0.2, 0.25) is 0 Å². The monoisotopic (exact) mass is 347 g/mol. The van der Waals surface area contributed by atoms with Crippen LogP contribution in [-0.4, -0.2) is 27.3 Å². The number of fused-ring (bicyclic) bond motifs is 3. The van der Waals surface area contributed by atoms with Gasteiger partial charge in [-0.15, -0.1) is 0 Å². The lowest BCUT2D eigenvalue weighted by Gasteiger charge is -2.08. The van der Waals surface area contributed by atoms with Gasteiger partial charge in [-0.25, -0.2) is 4.68 Å². The Bertz CT molecular complexity index is 1160. The lowest BCUT2D eigenvalue weighted by molar-refractivity contribution is -0.142. The maximum Gasteiger partial charge on any atom is 0.311 e. The first kappa shape index (κ1) is 16.1. The number of esters is 1. The van der Waals surface area contributed by atoms with E-state index in [2.05, 4.69) is 10.1 Å². The topological polar surface area (TPSA) is 77.0 Å². The first-order chi connectivity index (χ1) is 12.7. The summed E-state index contributed by atoms with van der Waals surface area (Å²) < 4.78 is 6.79. The van der Waals surface area contributed by atoms with Crippen LogP contribution in [0.1, 0.15) is 12.6 Å². The minimum absolute atomic E-state index is 0.0344. The third-order valence-corrected chi connectivity index (χ3v) is 4.26. The summed E-state index contributed by atoms with van der Waals surface area (Å²) in [5, 5.41) is 6.04. The SMILES string of the molecule is CCOC(=O)Cc1c2c(nn1-c1ccccc1)c(=O)[nH]c1ccccc12. The molecule has 4 aromatic rings. The number of nitrogens with one attached hydrogen (secondary N) is 1. The summed E-state index contributed by atoms with van der Waals surface area (Å²) >= 11 is 0. The van der Waals surface area contributed by atoms with Crippen LogP contribution in [0.3, 0.4) is 0 Å². The molecule has 1 N–H and O–H groups in total. The number of nitrogens with zero attached hydrogens (tertiary/aromatic N) is 2. The summed E-state index contributed by atoms with van der Waals surface area (Å²) in [6.07, 6.45) is 0.0344. The van der Waals surface area contributed by atoms with Crippen LogP contribution in [0.15, 0.2) is 59.4 Å². The predicted molar refractivity (Wildman–Crippen MR) is 99.5 cm³/mol. The minimum atomic E-state index is -0.351. The fourth-order valence-corrected chi connectivity index (χ4v) is 3.18. The number of ether oxygens (including phenoxy) is 1. The van der Waals surface area contributed by atoms with E-state index in [4.69, 9.17) is 4.74 Å². The van der Waals surface area contributed by atoms with Crippen LogP contribution < -0.4 is 5.56 Å². The smallest absolute Gasteiger partial charge is 0.311 e. The van der Waals surface area contributed by atoms with E-state index in [0.29, 0.717) is 28.7 Å². The van der Waals surface area contributed by atoms with E-state index in [9.17, 15) is 9.59 Å². The molecule has 0 spiro atoms. The van der Waals surface area contributed by atoms with E-state index in [1.165, 1.54) is 0 Å². The molecule has 0 atom stereocenters. The molecule has 6 nitrogen and oxygen atoms in total. The van der Waals surface area contributed by atoms with Crippen LogP contribution in [0.25, 0.3) is 27.5 Å². The number of hydrogen-bond acceptors (Lipinski definition) is 4. The number of benzene rings is 2. The van der Waals surface area contributed by atoms with Gasteiger partial charge in [0.25, 0.3) is 5.56 Å². The van der Waals surface area contributed by atoms with E-state index in [1.54, 1.807) is 11.6 Å². The molecule has 2 aromatic heterocycles. The van der Waals surface area contributed by atoms with Crippen molar-refractivity contribution in [1.82, 2.24) is 14.8 Å². The normalized spacial score (nSPS) is 11.1. The molecule has 0 amide bonds. The van der Waals surface area contributed by atoms with Crippen LogP contribution in [0.5, 0.6) is 0 Å². The molecular formula is C20H17N3O3. The highest BCUT2D eigenvalue weighted by Crippen LogP contribution is 2.27. The second kappa shape index (κ2) is 6.48. The summed E-state index contributed by atoms with van der Waals surface area (Å²) in [4.78, 5) is 27.6. The van der Waals surface area contributed by atoms with Gasteiger partial charge in [-0.1, -0.05) is 36.4 Å². The zero-order valence-electron chi connectivity index (χ0n) is 14.2. The number of carbonyl (C=O) groups excluding carboxylic acids is 1. The van der Waals surface area contributed by atoms with Gasteiger partial charge in [0, 0.05) is 16.3 Å². The minimum Gasteiger partial charge on any atom is -0.466 e. The number of para-hydroxylation sites is 2. The highest BCUT2D eigenvalue weighted by atomic mass is 16.5. The van der Waals surface area contributed by atoms with E-state index < -0.39 is 0 Å². The third kappa shape index (κ3) is 2.65. The van der Waals surface area contributed by atoms with Crippen LogP contribution in [-0.2, 0) is 16.0 Å². The Morgan fingerprint density at radius 3 is 2.62 bits per heavy atom. The van der Waals surface area contributed by atoms with Gasteiger partial charge in [-0.05, 0) is 25.1 Å². The highest BCUT2D eigenvalue weighted by molar-refractivity contribution is 6.06. The zero-order valence-corrected chi connectivity index (χ0v) is 14.2. The molecule has 0 bridgehead atoms. The highest BCUT2D eigenvalue weighted by Gasteiger charge is 2.20. The number of rotatable bonds is 4. The van der Waals surface area contributed by atoms with Gasteiger partial charge in [-0.2, -0.15) is 5.10 Å². The fraction of sp³-hybridized carbons (Fsp3) is 0.150. The number of aromatic amines is 1. The molecule has 26 heavy (non-hydrogen) atoms. The molecule has 0 fully saturated rings. The molecule has 2 heterocycles. The number of pyridine rings is 1. The summed E-state index contributed by atoms with van der Waals surface area (Å²) in [6.45, 7) is 2.07. The van der Waals surface area contributed by atoms with Crippen molar-refractivity contribution in [2.75, 3.05) is 6.61 Å². The Kier molecular flexibility index (Phi) is 4.01. The van der Waals surface area contributed by atoms with Crippen molar-refractivity contribution < 1.29 is 9.53 Å². The molecular weight excluding hydrogens is 330 g/mol. The van der Waals surface area contributed by atoms with Crippen molar-refractivity contribution in [3.63, 3.8) is 0 Å². The van der Waals surface area contributed by atoms with Gasteiger partial charge >= 0.3 is 5.97 Å². The predicted octanol–water partition coefficient (Wildman–Crippen LogP) is 2.97. The van der Waals surface area contributed by atoms with E-state index >= 15 is 0 Å². The maximum atomic E-state index is 12.6. The molecule has 0 radical (unpaired) electrons. The van der Waals surface area contributed by atoms with Gasteiger partial charge in [-0.3, -0.25) is 9.59 Å². The fourth-order valence-electron chi connectivity index (χ4n) is 3.18. The van der Waals surface area contributed by atoms with Crippen LogP contribution in [0.4, 0.5) is 0 Å². The second-order valence-corrected chi connectivity index (χ2v) is 5.90. The van der Waals surface area contributed by atoms with Gasteiger partial charge in [0.1, 0.15) is 0 Å². The van der Waals surface area contributed by atoms with Crippen molar-refractivity contribution in [2.45, 2.75) is 13.3 Å². The van der Waals surface area contributed by atoms with Crippen molar-refractivity contribution in [3.8, 4) is 5.69 Å². The third-order valence-electron chi connectivity index (χ3n) is 4.26. The molecule has 4 rings (SSSR count). The Hall–Kier alpha value is -3.41. The average Bonchev–Trinajstić information content (AvgIpc) is 3.03. The molecule has 0 saturated carbocycles. The maximum absolute atomic E-state index is 12.6. The first-order valence-corrected chi connectivity index (χ1v) is 8.42. The number of hydrogen-bond donors (Lipinski definition) is 1. The van der Waals surface area contributed by atoms with E-state index in [0.717, 1.165) is 11.1 Å². The average molecular weight is 347 g/mol. The summed E-state index contributed by atoms with van der Waals surface area (Å²) in [7, 11) is 0. The number of carbonyl (C=O) groups is 1. The molecule has 0 aliphatic carbocycles. The molecule has 0 unspecified atom stereocenters. The first-order valence-electron chi connectivity index (χ1n) is 8.42. The molecule has 6 heteroatoms. The quantitative estimate of drug-likeness (QED) is 0.576. The lowest BCUT2D eigenvalue weighted by atomic mass is 10.1. The van der Waals surface area contributed by atoms with E-state index in [1.807, 2.05) is 54.6 Å². The van der Waals surface area contributed by atoms with Crippen LogP contribution in [0, 0.1) is 0 Å². The van der Waals surface area contributed by atoms with Gasteiger partial charge < -0.3 is 9.72 Å². The number of H-pyrrole nitrogens is 1. The van der Waals surface area contributed by atoms with Gasteiger partial charge in [0.05, 0.1) is 24.4 Å². The van der Waals surface area contributed by atoms with Crippen LogP contribution >= 0.6 is 0 Å². The van der Waals surface area contributed by atoms with Crippen molar-refractivity contribution in [1.29, 1.82) is 0 Å². The Labute approximate surface area is 149 Å². The van der Waals surface area contributed by atoms with Gasteiger partial charge in [0.2, 0.25) is 0 Å². The Morgan fingerprint density at radius 1 is 1.12 bits per heavy atom. The standard InChI is InChI=1S/C20H17N3O3/c1-2-26-17(24)12-16-18-14-10-6-7-11-15(14)21-20(25)19(18)22-23(16)13-8-4-3-5-9-13/h3-11H,2,12H2,1H3,(H,21,25). The molecule has 130 valence electrons. The Balaban J connectivity index is 2.07. The Morgan fingerprint density at radius 2 is 1.85 bits per heavy atom.